The Morgan fingerprint density at radius 2 is 0.978 bits per heavy atom. The summed E-state index contributed by atoms with van der Waals surface area (Å²) in [6, 6.07) is 57.2. The molecular weight excluding hydrogens is 577 g/mol. The van der Waals surface area contributed by atoms with Gasteiger partial charge in [-0.1, -0.05) is 133 Å². The average Bonchev–Trinajstić information content (AvgIpc) is 3.71. The molecule has 0 spiro atoms. The van der Waals surface area contributed by atoms with Gasteiger partial charge in [0.05, 0.1) is 0 Å². The molecule has 214 valence electrons. The smallest absolute Gasteiger partial charge is 0.137 e. The Morgan fingerprint density at radius 1 is 0.370 bits per heavy atom. The highest BCUT2D eigenvalue weighted by atomic mass is 32.1. The third-order valence-corrected chi connectivity index (χ3v) is 10.6. The van der Waals surface area contributed by atoms with Crippen molar-refractivity contribution in [1.82, 2.24) is 0 Å². The van der Waals surface area contributed by atoms with Gasteiger partial charge in [0.1, 0.15) is 11.2 Å². The van der Waals surface area contributed by atoms with Gasteiger partial charge in [-0.2, -0.15) is 0 Å². The van der Waals surface area contributed by atoms with Crippen LogP contribution in [0.1, 0.15) is 0 Å². The lowest BCUT2D eigenvalue weighted by atomic mass is 9.83. The molecule has 0 unspecified atom stereocenters. The van der Waals surface area contributed by atoms with Crippen molar-refractivity contribution in [3.8, 4) is 32.7 Å². The summed E-state index contributed by atoms with van der Waals surface area (Å²) in [5.74, 6) is 0. The van der Waals surface area contributed by atoms with Crippen molar-refractivity contribution in [3.05, 3.63) is 158 Å². The summed E-state index contributed by atoms with van der Waals surface area (Å²) >= 11 is 1.84. The van der Waals surface area contributed by atoms with Crippen LogP contribution in [0.15, 0.2) is 162 Å². The maximum absolute atomic E-state index is 6.60. The third kappa shape index (κ3) is 3.74. The highest BCUT2D eigenvalue weighted by Gasteiger charge is 2.24. The SMILES string of the molecule is c1ccc(-c2cc3c(-c4c5ccccc5c(-c5ccc6ccccc6c5)c5ccccc45)c4c(cc3s2)oc2ccccc24)cc1. The van der Waals surface area contributed by atoms with Gasteiger partial charge in [-0.15, -0.1) is 11.3 Å². The molecule has 0 saturated heterocycles. The van der Waals surface area contributed by atoms with Gasteiger partial charge in [-0.25, -0.2) is 0 Å². The van der Waals surface area contributed by atoms with Crippen LogP contribution in [-0.2, 0) is 0 Å². The zero-order valence-corrected chi connectivity index (χ0v) is 25.6. The van der Waals surface area contributed by atoms with Crippen LogP contribution >= 0.6 is 11.3 Å². The summed E-state index contributed by atoms with van der Waals surface area (Å²) in [5, 5.41) is 11.1. The molecular formula is C44H26OS. The van der Waals surface area contributed by atoms with Crippen LogP contribution in [0.25, 0.3) is 97.0 Å². The van der Waals surface area contributed by atoms with Crippen LogP contribution in [0, 0.1) is 0 Å². The number of para-hydroxylation sites is 1. The van der Waals surface area contributed by atoms with Gasteiger partial charge in [0.2, 0.25) is 0 Å². The van der Waals surface area contributed by atoms with Crippen LogP contribution in [0.5, 0.6) is 0 Å². The van der Waals surface area contributed by atoms with E-state index < -0.39 is 0 Å². The van der Waals surface area contributed by atoms with Gasteiger partial charge < -0.3 is 4.42 Å². The van der Waals surface area contributed by atoms with Crippen molar-refractivity contribution in [1.29, 1.82) is 0 Å². The van der Waals surface area contributed by atoms with E-state index in [9.17, 15) is 0 Å². The molecule has 0 aliphatic carbocycles. The van der Waals surface area contributed by atoms with Gasteiger partial charge in [0.15, 0.2) is 0 Å². The van der Waals surface area contributed by atoms with E-state index in [-0.39, 0.29) is 0 Å². The minimum Gasteiger partial charge on any atom is -0.456 e. The first kappa shape index (κ1) is 25.6. The molecule has 2 heterocycles. The predicted octanol–water partition coefficient (Wildman–Crippen LogP) is 13.3. The molecule has 0 fully saturated rings. The van der Waals surface area contributed by atoms with Crippen LogP contribution in [-0.4, -0.2) is 0 Å². The molecule has 0 saturated carbocycles. The molecule has 0 atom stereocenters. The lowest BCUT2D eigenvalue weighted by Crippen LogP contribution is -1.92. The van der Waals surface area contributed by atoms with E-state index in [1.807, 2.05) is 11.3 Å². The van der Waals surface area contributed by atoms with E-state index >= 15 is 0 Å². The maximum Gasteiger partial charge on any atom is 0.137 e. The average molecular weight is 603 g/mol. The normalized spacial score (nSPS) is 11.9. The Kier molecular flexibility index (Phi) is 5.51. The third-order valence-electron chi connectivity index (χ3n) is 9.44. The van der Waals surface area contributed by atoms with Crippen molar-refractivity contribution >= 4 is 75.7 Å². The molecule has 0 aliphatic rings. The first-order valence-electron chi connectivity index (χ1n) is 15.7. The minimum absolute atomic E-state index is 0.918. The number of furan rings is 1. The summed E-state index contributed by atoms with van der Waals surface area (Å²) in [6.07, 6.45) is 0. The summed E-state index contributed by atoms with van der Waals surface area (Å²) in [6.45, 7) is 0. The number of fused-ring (bicyclic) bond motifs is 7. The lowest BCUT2D eigenvalue weighted by Gasteiger charge is -2.19. The Balaban J connectivity index is 1.40. The Hall–Kier alpha value is -5.70. The van der Waals surface area contributed by atoms with Crippen LogP contribution in [0.3, 0.4) is 0 Å². The zero-order valence-electron chi connectivity index (χ0n) is 24.8. The fourth-order valence-electron chi connectivity index (χ4n) is 7.44. The van der Waals surface area contributed by atoms with E-state index in [2.05, 4.69) is 158 Å². The molecule has 46 heavy (non-hydrogen) atoms. The Bertz CT molecular complexity index is 2740. The molecule has 0 amide bonds. The number of rotatable bonds is 3. The van der Waals surface area contributed by atoms with Crippen LogP contribution < -0.4 is 0 Å². The summed E-state index contributed by atoms with van der Waals surface area (Å²) in [7, 11) is 0. The molecule has 2 heteroatoms. The standard InChI is InChI=1S/C44H26OS/c1-2-13-28(14-3-1)39-25-36-40(46-39)26-38-43(35-20-10-11-21-37(35)45-38)44(36)42-33-18-8-6-16-31(33)41(32-17-7-9-19-34(32)42)30-23-22-27-12-4-5-15-29(27)24-30/h1-26H. The topological polar surface area (TPSA) is 13.1 Å². The number of benzene rings is 8. The second-order valence-corrected chi connectivity index (χ2v) is 13.1. The lowest BCUT2D eigenvalue weighted by molar-refractivity contribution is 0.669. The number of hydrogen-bond acceptors (Lipinski definition) is 2. The van der Waals surface area contributed by atoms with E-state index in [1.165, 1.54) is 80.5 Å². The molecule has 10 rings (SSSR count). The van der Waals surface area contributed by atoms with Gasteiger partial charge in [0.25, 0.3) is 0 Å². The van der Waals surface area contributed by atoms with Gasteiger partial charge >= 0.3 is 0 Å². The molecule has 0 radical (unpaired) electrons. The van der Waals surface area contributed by atoms with Crippen molar-refractivity contribution in [2.24, 2.45) is 0 Å². The fraction of sp³-hybridized carbons (Fsp3) is 0. The monoisotopic (exact) mass is 602 g/mol. The fourth-order valence-corrected chi connectivity index (χ4v) is 8.55. The molecule has 0 bridgehead atoms. The van der Waals surface area contributed by atoms with E-state index in [1.54, 1.807) is 0 Å². The Labute approximate surface area is 269 Å². The van der Waals surface area contributed by atoms with Gasteiger partial charge in [0, 0.05) is 31.3 Å². The number of hydrogen-bond donors (Lipinski definition) is 0. The zero-order chi connectivity index (χ0) is 30.2. The van der Waals surface area contributed by atoms with Crippen LogP contribution in [0.4, 0.5) is 0 Å². The first-order chi connectivity index (χ1) is 22.8. The van der Waals surface area contributed by atoms with E-state index in [0.717, 1.165) is 16.6 Å². The summed E-state index contributed by atoms with van der Waals surface area (Å²) < 4.78 is 7.83. The maximum atomic E-state index is 6.60. The molecule has 0 aliphatic heterocycles. The summed E-state index contributed by atoms with van der Waals surface area (Å²) in [5.41, 5.74) is 8.09. The van der Waals surface area contributed by atoms with Crippen molar-refractivity contribution in [2.75, 3.05) is 0 Å². The van der Waals surface area contributed by atoms with Gasteiger partial charge in [-0.05, 0) is 78.8 Å². The molecule has 8 aromatic carbocycles. The van der Waals surface area contributed by atoms with Crippen molar-refractivity contribution in [3.63, 3.8) is 0 Å². The largest absolute Gasteiger partial charge is 0.456 e. The Morgan fingerprint density at radius 3 is 1.72 bits per heavy atom. The second kappa shape index (κ2) is 9.90. The van der Waals surface area contributed by atoms with E-state index in [0.29, 0.717) is 0 Å². The van der Waals surface area contributed by atoms with Crippen molar-refractivity contribution in [2.45, 2.75) is 0 Å². The predicted molar refractivity (Wildman–Crippen MR) is 198 cm³/mol. The summed E-state index contributed by atoms with van der Waals surface area (Å²) in [4.78, 5) is 1.26. The first-order valence-corrected chi connectivity index (χ1v) is 16.5. The minimum atomic E-state index is 0.918. The molecule has 2 aromatic heterocycles. The molecule has 1 nitrogen and oxygen atoms in total. The molecule has 0 N–H and O–H groups in total. The quantitative estimate of drug-likeness (QED) is 0.183. The van der Waals surface area contributed by atoms with E-state index in [4.69, 9.17) is 4.42 Å². The molecule has 10 aromatic rings. The second-order valence-electron chi connectivity index (χ2n) is 12.0. The van der Waals surface area contributed by atoms with Crippen LogP contribution in [0.2, 0.25) is 0 Å². The number of thiophene rings is 1. The van der Waals surface area contributed by atoms with Gasteiger partial charge in [-0.3, -0.25) is 0 Å². The van der Waals surface area contributed by atoms with Crippen molar-refractivity contribution < 1.29 is 4.42 Å². The highest BCUT2D eigenvalue weighted by Crippen LogP contribution is 2.51. The highest BCUT2D eigenvalue weighted by molar-refractivity contribution is 7.22.